The Bertz CT molecular complexity index is 1200. The van der Waals surface area contributed by atoms with Gasteiger partial charge in [0.05, 0.1) is 12.7 Å². The standard InChI is InChI=1S/C22H20ClFN2O3S/c1-29-19-10-8-16(21(24)20(19)15-5-4-6-17(23)12-15)11-14-7-9-18(25-13-14)22(27)26-30(2,3)28/h4-10,12-13H,2,11H2,1,3H3,(H,26,27,28). The molecule has 2 aromatic carbocycles. The van der Waals surface area contributed by atoms with Crippen LogP contribution in [0.1, 0.15) is 21.6 Å². The van der Waals surface area contributed by atoms with Crippen LogP contribution in [-0.2, 0) is 16.1 Å². The Labute approximate surface area is 180 Å². The van der Waals surface area contributed by atoms with Crippen LogP contribution in [0.5, 0.6) is 5.75 Å². The number of carbonyl (C=O) groups excluding carboxylic acids is 1. The molecular weight excluding hydrogens is 427 g/mol. The van der Waals surface area contributed by atoms with Gasteiger partial charge >= 0.3 is 0 Å². The van der Waals surface area contributed by atoms with Crippen LogP contribution in [0.15, 0.2) is 54.7 Å². The van der Waals surface area contributed by atoms with E-state index in [4.69, 9.17) is 16.3 Å². The summed E-state index contributed by atoms with van der Waals surface area (Å²) >= 11 is 6.07. The number of halogens is 2. The molecule has 0 saturated heterocycles. The number of nitrogens with zero attached hydrogens (tertiary/aromatic N) is 1. The molecule has 1 heterocycles. The minimum Gasteiger partial charge on any atom is -0.496 e. The Morgan fingerprint density at radius 2 is 2.03 bits per heavy atom. The molecular formula is C22H20ClFN2O3S. The predicted molar refractivity (Wildman–Crippen MR) is 119 cm³/mol. The van der Waals surface area contributed by atoms with Gasteiger partial charge < -0.3 is 4.74 Å². The lowest BCUT2D eigenvalue weighted by Crippen LogP contribution is -2.29. The van der Waals surface area contributed by atoms with E-state index in [0.717, 1.165) is 0 Å². The molecule has 1 atom stereocenters. The molecule has 1 N–H and O–H groups in total. The average molecular weight is 447 g/mol. The molecule has 0 bridgehead atoms. The SMILES string of the molecule is C=S(C)(=O)NC(=O)c1ccc(Cc2ccc(OC)c(-c3cccc(Cl)c3)c2F)cn1. The maximum absolute atomic E-state index is 15.4. The first-order chi connectivity index (χ1) is 14.2. The lowest BCUT2D eigenvalue weighted by Gasteiger charge is -2.14. The monoisotopic (exact) mass is 446 g/mol. The minimum absolute atomic E-state index is 0.104. The second-order valence-electron chi connectivity index (χ2n) is 6.79. The summed E-state index contributed by atoms with van der Waals surface area (Å²) in [6.07, 6.45) is 3.07. The zero-order valence-corrected chi connectivity index (χ0v) is 18.0. The van der Waals surface area contributed by atoms with E-state index in [1.54, 1.807) is 42.5 Å². The van der Waals surface area contributed by atoms with E-state index in [9.17, 15) is 9.00 Å². The molecule has 3 rings (SSSR count). The molecule has 5 nitrogen and oxygen atoms in total. The lowest BCUT2D eigenvalue weighted by molar-refractivity contribution is 0.0978. The highest BCUT2D eigenvalue weighted by molar-refractivity contribution is 7.98. The van der Waals surface area contributed by atoms with E-state index in [1.807, 2.05) is 0 Å². The fourth-order valence-corrected chi connectivity index (χ4v) is 3.64. The molecule has 0 radical (unpaired) electrons. The van der Waals surface area contributed by atoms with Crippen molar-refractivity contribution in [1.29, 1.82) is 0 Å². The summed E-state index contributed by atoms with van der Waals surface area (Å²) in [5, 5.41) is 0.496. The summed E-state index contributed by atoms with van der Waals surface area (Å²) in [5.41, 5.74) is 2.19. The van der Waals surface area contributed by atoms with Crippen molar-refractivity contribution in [1.82, 2.24) is 9.71 Å². The molecule has 0 spiro atoms. The fourth-order valence-electron chi connectivity index (χ4n) is 2.95. The Morgan fingerprint density at radius 3 is 2.63 bits per heavy atom. The number of methoxy groups -OCH3 is 1. The Hall–Kier alpha value is -2.90. The highest BCUT2D eigenvalue weighted by atomic mass is 35.5. The molecule has 1 unspecified atom stereocenters. The van der Waals surface area contributed by atoms with Gasteiger partial charge in [-0.05, 0) is 46.8 Å². The molecule has 0 aliphatic carbocycles. The molecule has 1 amide bonds. The van der Waals surface area contributed by atoms with Crippen molar-refractivity contribution in [3.63, 3.8) is 0 Å². The van der Waals surface area contributed by atoms with E-state index in [2.05, 4.69) is 15.6 Å². The molecule has 156 valence electrons. The van der Waals surface area contributed by atoms with E-state index in [0.29, 0.717) is 33.0 Å². The first kappa shape index (κ1) is 21.8. The predicted octanol–water partition coefficient (Wildman–Crippen LogP) is 4.13. The van der Waals surface area contributed by atoms with Crippen LogP contribution in [0.3, 0.4) is 0 Å². The second-order valence-corrected chi connectivity index (χ2v) is 9.44. The van der Waals surface area contributed by atoms with Crippen molar-refractivity contribution in [2.75, 3.05) is 13.4 Å². The summed E-state index contributed by atoms with van der Waals surface area (Å²) in [6.45, 7) is 0. The van der Waals surface area contributed by atoms with Gasteiger partial charge in [0, 0.05) is 33.6 Å². The van der Waals surface area contributed by atoms with Crippen molar-refractivity contribution in [2.24, 2.45) is 0 Å². The van der Waals surface area contributed by atoms with Gasteiger partial charge in [-0.3, -0.25) is 14.5 Å². The van der Waals surface area contributed by atoms with E-state index in [1.165, 1.54) is 25.6 Å². The van der Waals surface area contributed by atoms with Crippen molar-refractivity contribution < 1.29 is 18.1 Å². The van der Waals surface area contributed by atoms with Crippen molar-refractivity contribution in [2.45, 2.75) is 6.42 Å². The quantitative estimate of drug-likeness (QED) is 0.578. The average Bonchev–Trinajstić information content (AvgIpc) is 2.68. The topological polar surface area (TPSA) is 68.3 Å². The highest BCUT2D eigenvalue weighted by Crippen LogP contribution is 2.36. The highest BCUT2D eigenvalue weighted by Gasteiger charge is 2.17. The molecule has 1 aromatic heterocycles. The zero-order valence-electron chi connectivity index (χ0n) is 16.4. The van der Waals surface area contributed by atoms with Crippen LogP contribution >= 0.6 is 11.6 Å². The number of amides is 1. The third-order valence-corrected chi connectivity index (χ3v) is 5.13. The summed E-state index contributed by atoms with van der Waals surface area (Å²) in [7, 11) is -1.20. The number of ether oxygens (including phenoxy) is 1. The normalized spacial score (nSPS) is 12.8. The van der Waals surface area contributed by atoms with Crippen LogP contribution in [0.25, 0.3) is 11.1 Å². The van der Waals surface area contributed by atoms with Gasteiger partial charge in [-0.25, -0.2) is 8.60 Å². The van der Waals surface area contributed by atoms with E-state index >= 15 is 4.39 Å². The first-order valence-corrected chi connectivity index (χ1v) is 11.4. The Morgan fingerprint density at radius 1 is 1.27 bits per heavy atom. The third-order valence-electron chi connectivity index (χ3n) is 4.28. The molecule has 0 fully saturated rings. The molecule has 0 saturated carbocycles. The smallest absolute Gasteiger partial charge is 0.281 e. The largest absolute Gasteiger partial charge is 0.496 e. The summed E-state index contributed by atoms with van der Waals surface area (Å²) in [6, 6.07) is 13.4. The van der Waals surface area contributed by atoms with Crippen LogP contribution in [0, 0.1) is 5.82 Å². The Balaban J connectivity index is 1.90. The number of rotatable bonds is 6. The number of hydrogen-bond donors (Lipinski definition) is 1. The lowest BCUT2D eigenvalue weighted by atomic mass is 9.97. The number of carbonyl (C=O) groups is 1. The first-order valence-electron chi connectivity index (χ1n) is 8.88. The van der Waals surface area contributed by atoms with Gasteiger partial charge in [0.25, 0.3) is 5.91 Å². The van der Waals surface area contributed by atoms with Gasteiger partial charge in [0.15, 0.2) is 0 Å². The van der Waals surface area contributed by atoms with Gasteiger partial charge in [-0.2, -0.15) is 0 Å². The summed E-state index contributed by atoms with van der Waals surface area (Å²) in [5.74, 6) is 2.79. The number of benzene rings is 2. The number of nitrogens with one attached hydrogen (secondary N) is 1. The summed E-state index contributed by atoms with van der Waals surface area (Å²) in [4.78, 5) is 16.1. The molecule has 0 aliphatic heterocycles. The second kappa shape index (κ2) is 8.85. The van der Waals surface area contributed by atoms with Crippen LogP contribution < -0.4 is 9.46 Å². The number of pyridine rings is 1. The molecule has 30 heavy (non-hydrogen) atoms. The van der Waals surface area contributed by atoms with Crippen molar-refractivity contribution in [3.05, 3.63) is 82.4 Å². The molecule has 3 aromatic rings. The van der Waals surface area contributed by atoms with Gasteiger partial charge in [0.2, 0.25) is 0 Å². The van der Waals surface area contributed by atoms with Crippen LogP contribution in [0.2, 0.25) is 5.02 Å². The van der Waals surface area contributed by atoms with E-state index in [-0.39, 0.29) is 12.1 Å². The number of aromatic nitrogens is 1. The van der Waals surface area contributed by atoms with Crippen LogP contribution in [-0.4, -0.2) is 34.3 Å². The molecule has 8 heteroatoms. The van der Waals surface area contributed by atoms with Crippen LogP contribution in [0.4, 0.5) is 4.39 Å². The van der Waals surface area contributed by atoms with Crippen molar-refractivity contribution in [3.8, 4) is 16.9 Å². The minimum atomic E-state index is -2.69. The van der Waals surface area contributed by atoms with Gasteiger partial charge in [0.1, 0.15) is 17.3 Å². The van der Waals surface area contributed by atoms with Gasteiger partial charge in [-0.1, -0.05) is 35.9 Å². The zero-order chi connectivity index (χ0) is 21.9. The van der Waals surface area contributed by atoms with Gasteiger partial charge in [-0.15, -0.1) is 0 Å². The molecule has 0 aliphatic rings. The number of hydrogen-bond acceptors (Lipinski definition) is 4. The maximum Gasteiger partial charge on any atom is 0.281 e. The third kappa shape index (κ3) is 5.17. The Kier molecular flexibility index (Phi) is 6.43. The fraction of sp³-hybridized carbons (Fsp3) is 0.136. The van der Waals surface area contributed by atoms with Crippen molar-refractivity contribution >= 4 is 33.1 Å². The van der Waals surface area contributed by atoms with E-state index < -0.39 is 21.4 Å². The summed E-state index contributed by atoms with van der Waals surface area (Å²) < 4.78 is 34.6. The maximum atomic E-state index is 15.4.